The highest BCUT2D eigenvalue weighted by atomic mass is 19.4. The minimum Gasteiger partial charge on any atom is -0.481 e. The maximum absolute atomic E-state index is 13.9. The van der Waals surface area contributed by atoms with E-state index in [4.69, 9.17) is 14.2 Å². The predicted molar refractivity (Wildman–Crippen MR) is 177 cm³/mol. The number of alkyl halides is 6. The second-order valence-electron chi connectivity index (χ2n) is 13.2. The fourth-order valence-corrected chi connectivity index (χ4v) is 6.14. The topological polar surface area (TPSA) is 118 Å². The van der Waals surface area contributed by atoms with Crippen LogP contribution in [0.4, 0.5) is 48.3 Å². The zero-order valence-corrected chi connectivity index (χ0v) is 28.9. The molecule has 0 bridgehead atoms. The molecule has 0 saturated carbocycles. The first-order chi connectivity index (χ1) is 24.4. The molecule has 2 aliphatic rings. The Hall–Kier alpha value is -4.80. The Morgan fingerprint density at radius 1 is 1.00 bits per heavy atom. The number of pyridine rings is 2. The SMILES string of the molecule is CC[C@@H]1CC(N(Cc2cc(C(F)(F)F)cc(C(F)(F)F)c2)c2ccc(N3CCOCC3)cn2)c2nc(OC)ccc2N1C(=O)OCC(C)(C)C(=O)O. The van der Waals surface area contributed by atoms with Crippen LogP contribution in [0.5, 0.6) is 5.88 Å². The monoisotopic (exact) mass is 739 g/mol. The maximum Gasteiger partial charge on any atom is 0.416 e. The Balaban J connectivity index is 1.63. The van der Waals surface area contributed by atoms with Crippen molar-refractivity contribution >= 4 is 29.3 Å². The van der Waals surface area contributed by atoms with E-state index in [0.29, 0.717) is 44.9 Å². The van der Waals surface area contributed by atoms with Crippen molar-refractivity contribution in [3.63, 3.8) is 0 Å². The van der Waals surface area contributed by atoms with Gasteiger partial charge in [-0.1, -0.05) is 6.92 Å². The normalized spacial score (nSPS) is 18.1. The third kappa shape index (κ3) is 8.45. The lowest BCUT2D eigenvalue weighted by molar-refractivity contribution is -0.149. The second kappa shape index (κ2) is 15.0. The Kier molecular flexibility index (Phi) is 11.1. The molecule has 4 heterocycles. The number of rotatable bonds is 10. The highest BCUT2D eigenvalue weighted by molar-refractivity contribution is 5.90. The summed E-state index contributed by atoms with van der Waals surface area (Å²) in [7, 11) is 1.37. The number of fused-ring (bicyclic) bond motifs is 1. The van der Waals surface area contributed by atoms with Crippen LogP contribution in [-0.2, 0) is 33.2 Å². The van der Waals surface area contributed by atoms with Crippen molar-refractivity contribution in [1.29, 1.82) is 0 Å². The fourth-order valence-electron chi connectivity index (χ4n) is 6.14. The van der Waals surface area contributed by atoms with Crippen LogP contribution in [0.15, 0.2) is 48.7 Å². The smallest absolute Gasteiger partial charge is 0.416 e. The number of anilines is 3. The van der Waals surface area contributed by atoms with Crippen molar-refractivity contribution in [2.24, 2.45) is 5.41 Å². The number of morpholine rings is 1. The molecule has 1 unspecified atom stereocenters. The van der Waals surface area contributed by atoms with Crippen molar-refractivity contribution in [2.75, 3.05) is 54.7 Å². The molecule has 52 heavy (non-hydrogen) atoms. The van der Waals surface area contributed by atoms with Gasteiger partial charge in [0.25, 0.3) is 0 Å². The summed E-state index contributed by atoms with van der Waals surface area (Å²) in [6, 6.07) is 6.43. The molecule has 3 aromatic rings. The Bertz CT molecular complexity index is 1720. The molecule has 1 amide bonds. The lowest BCUT2D eigenvalue weighted by Gasteiger charge is -2.44. The highest BCUT2D eigenvalue weighted by Gasteiger charge is 2.42. The molecule has 5 rings (SSSR count). The highest BCUT2D eigenvalue weighted by Crippen LogP contribution is 2.44. The number of carbonyl (C=O) groups excluding carboxylic acids is 1. The maximum atomic E-state index is 13.9. The average Bonchev–Trinajstić information content (AvgIpc) is 3.11. The Labute approximate surface area is 296 Å². The van der Waals surface area contributed by atoms with Gasteiger partial charge in [-0.05, 0) is 68.7 Å². The first kappa shape index (κ1) is 38.4. The number of carbonyl (C=O) groups is 2. The minimum atomic E-state index is -5.06. The van der Waals surface area contributed by atoms with E-state index in [9.17, 15) is 41.0 Å². The van der Waals surface area contributed by atoms with E-state index in [-0.39, 0.29) is 41.1 Å². The summed E-state index contributed by atoms with van der Waals surface area (Å²) < 4.78 is 99.9. The molecule has 11 nitrogen and oxygen atoms in total. The van der Waals surface area contributed by atoms with Gasteiger partial charge in [0.2, 0.25) is 5.88 Å². The number of benzene rings is 1. The van der Waals surface area contributed by atoms with Gasteiger partial charge in [0.05, 0.1) is 66.2 Å². The molecule has 282 valence electrons. The largest absolute Gasteiger partial charge is 0.481 e. The summed E-state index contributed by atoms with van der Waals surface area (Å²) in [5.74, 6) is -0.811. The van der Waals surface area contributed by atoms with E-state index in [0.717, 1.165) is 5.69 Å². The van der Waals surface area contributed by atoms with Crippen LogP contribution in [0.1, 0.15) is 62.0 Å². The number of methoxy groups -OCH3 is 1. The van der Waals surface area contributed by atoms with Crippen LogP contribution in [0, 0.1) is 5.41 Å². The number of carboxylic acid groups (broad SMARTS) is 1. The van der Waals surface area contributed by atoms with Crippen LogP contribution < -0.4 is 19.4 Å². The lowest BCUT2D eigenvalue weighted by Crippen LogP contribution is -2.49. The Morgan fingerprint density at radius 2 is 1.65 bits per heavy atom. The first-order valence-electron chi connectivity index (χ1n) is 16.5. The van der Waals surface area contributed by atoms with Gasteiger partial charge in [0.15, 0.2) is 0 Å². The number of hydrogen-bond donors (Lipinski definition) is 1. The van der Waals surface area contributed by atoms with Gasteiger partial charge in [0, 0.05) is 31.7 Å². The molecule has 2 aromatic heterocycles. The van der Waals surface area contributed by atoms with Crippen LogP contribution >= 0.6 is 0 Å². The number of aromatic nitrogens is 2. The van der Waals surface area contributed by atoms with Gasteiger partial charge in [-0.3, -0.25) is 9.69 Å². The van der Waals surface area contributed by atoms with E-state index < -0.39 is 66.2 Å². The molecular weight excluding hydrogens is 700 g/mol. The first-order valence-corrected chi connectivity index (χ1v) is 16.5. The lowest BCUT2D eigenvalue weighted by atomic mass is 9.91. The van der Waals surface area contributed by atoms with Gasteiger partial charge in [-0.2, -0.15) is 26.3 Å². The van der Waals surface area contributed by atoms with Crippen LogP contribution in [-0.4, -0.2) is 73.2 Å². The predicted octanol–water partition coefficient (Wildman–Crippen LogP) is 7.34. The zero-order chi connectivity index (χ0) is 38.0. The number of halogens is 6. The van der Waals surface area contributed by atoms with Crippen molar-refractivity contribution in [3.8, 4) is 5.88 Å². The summed E-state index contributed by atoms with van der Waals surface area (Å²) in [5, 5.41) is 9.54. The number of amides is 1. The van der Waals surface area contributed by atoms with Gasteiger partial charge in [-0.25, -0.2) is 14.8 Å². The number of nitrogens with zero attached hydrogens (tertiary/aromatic N) is 5. The van der Waals surface area contributed by atoms with Crippen molar-refractivity contribution < 1.29 is 55.2 Å². The molecule has 0 aliphatic carbocycles. The Morgan fingerprint density at radius 3 is 2.19 bits per heavy atom. The molecule has 17 heteroatoms. The number of ether oxygens (including phenoxy) is 3. The quantitative estimate of drug-likeness (QED) is 0.212. The molecule has 1 saturated heterocycles. The molecule has 1 fully saturated rings. The molecule has 0 radical (unpaired) electrons. The summed E-state index contributed by atoms with van der Waals surface area (Å²) in [4.78, 5) is 39.6. The van der Waals surface area contributed by atoms with Crippen molar-refractivity contribution in [1.82, 2.24) is 9.97 Å². The van der Waals surface area contributed by atoms with E-state index in [1.165, 1.54) is 31.9 Å². The molecule has 2 atom stereocenters. The summed E-state index contributed by atoms with van der Waals surface area (Å²) in [6.45, 7) is 5.91. The summed E-state index contributed by atoms with van der Waals surface area (Å²) in [5.41, 5.74) is -3.37. The minimum absolute atomic E-state index is 0.0772. The van der Waals surface area contributed by atoms with E-state index in [1.807, 2.05) is 4.90 Å². The summed E-state index contributed by atoms with van der Waals surface area (Å²) >= 11 is 0. The van der Waals surface area contributed by atoms with Crippen molar-refractivity contribution in [2.45, 2.75) is 64.6 Å². The standard InChI is InChI=1S/C35H39F6N5O6/c1-5-24-17-27(30-26(7-9-29(43-30)50-4)46(24)32(49)52-20-33(2,3)31(47)48)45(28-8-6-25(18-42-28)44-10-12-51-13-11-44)19-21-14-22(34(36,37)38)16-23(15-21)35(39,40)41/h6-9,14-16,18,24,27H,5,10-13,17,19-20H2,1-4H3,(H,47,48)/t24-,27?/m1/s1. The molecule has 0 spiro atoms. The fraction of sp³-hybridized carbons (Fsp3) is 0.486. The van der Waals surface area contributed by atoms with Gasteiger partial charge < -0.3 is 29.1 Å². The molecule has 1 N–H and O–H groups in total. The van der Waals surface area contributed by atoms with E-state index in [2.05, 4.69) is 9.97 Å². The van der Waals surface area contributed by atoms with E-state index in [1.54, 1.807) is 36.2 Å². The van der Waals surface area contributed by atoms with Gasteiger partial charge in [-0.15, -0.1) is 0 Å². The van der Waals surface area contributed by atoms with Crippen LogP contribution in [0.25, 0.3) is 0 Å². The number of aliphatic carboxylic acids is 1. The molecule has 2 aliphatic heterocycles. The summed E-state index contributed by atoms with van der Waals surface area (Å²) in [6.07, 6.45) is -8.95. The van der Waals surface area contributed by atoms with Crippen LogP contribution in [0.3, 0.4) is 0 Å². The van der Waals surface area contributed by atoms with Crippen LogP contribution in [0.2, 0.25) is 0 Å². The number of hydrogen-bond acceptors (Lipinski definition) is 9. The van der Waals surface area contributed by atoms with Gasteiger partial charge >= 0.3 is 24.4 Å². The van der Waals surface area contributed by atoms with Gasteiger partial charge in [0.1, 0.15) is 12.4 Å². The van der Waals surface area contributed by atoms with E-state index >= 15 is 0 Å². The average molecular weight is 740 g/mol. The third-order valence-electron chi connectivity index (χ3n) is 9.10. The number of carboxylic acids is 1. The third-order valence-corrected chi connectivity index (χ3v) is 9.10. The zero-order valence-electron chi connectivity index (χ0n) is 28.9. The molecule has 1 aromatic carbocycles. The van der Waals surface area contributed by atoms with Crippen molar-refractivity contribution in [3.05, 3.63) is 71.0 Å². The molecular formula is C35H39F6N5O6. The second-order valence-corrected chi connectivity index (χ2v) is 13.2.